The minimum Gasteiger partial charge on any atom is -0.379 e. The summed E-state index contributed by atoms with van der Waals surface area (Å²) in [6.45, 7) is 9.34. The van der Waals surface area contributed by atoms with E-state index in [2.05, 4.69) is 24.2 Å². The average Bonchev–Trinajstić information content (AvgIpc) is 2.15. The Morgan fingerprint density at radius 3 is 2.67 bits per heavy atom. The molecule has 0 aromatic rings. The third-order valence-corrected chi connectivity index (χ3v) is 1.62. The largest absolute Gasteiger partial charge is 0.379 e. The van der Waals surface area contributed by atoms with Crippen molar-refractivity contribution in [2.24, 2.45) is 0 Å². The van der Waals surface area contributed by atoms with Crippen LogP contribution >= 0.6 is 11.6 Å². The molecule has 0 aliphatic rings. The van der Waals surface area contributed by atoms with Crippen LogP contribution in [0.5, 0.6) is 0 Å². The van der Waals surface area contributed by atoms with Gasteiger partial charge in [-0.2, -0.15) is 0 Å². The van der Waals surface area contributed by atoms with E-state index in [1.165, 1.54) is 5.54 Å². The Bertz CT molecular complexity index is 323. The molecule has 1 N–H and O–H groups in total. The van der Waals surface area contributed by atoms with Gasteiger partial charge in [0.15, 0.2) is 0 Å². The number of allylic oxidation sites excluding steroid dienone is 3. The molecule has 0 amide bonds. The van der Waals surface area contributed by atoms with E-state index in [1.807, 2.05) is 6.92 Å². The molecular weight excluding hydrogens is 213 g/mol. The third kappa shape index (κ3) is 7.80. The molecule has 0 spiro atoms. The summed E-state index contributed by atoms with van der Waals surface area (Å²) in [4.78, 5) is 0. The van der Waals surface area contributed by atoms with Gasteiger partial charge < -0.3 is 5.32 Å². The maximum atomic E-state index is 12.9. The fraction of sp³-hybridized carbons (Fsp3) is 0.250. The van der Waals surface area contributed by atoms with Crippen molar-refractivity contribution in [2.75, 3.05) is 6.54 Å². The van der Waals surface area contributed by atoms with Crippen LogP contribution in [0.2, 0.25) is 0 Å². The van der Waals surface area contributed by atoms with Crippen LogP contribution in [0.25, 0.3) is 0 Å². The maximum absolute atomic E-state index is 12.9. The molecule has 0 atom stereocenters. The first-order valence-corrected chi connectivity index (χ1v) is 4.94. The van der Waals surface area contributed by atoms with Crippen molar-refractivity contribution in [3.63, 3.8) is 0 Å². The van der Waals surface area contributed by atoms with Crippen molar-refractivity contribution in [3.8, 4) is 0 Å². The third-order valence-electron chi connectivity index (χ3n) is 1.49. The topological polar surface area (TPSA) is 12.0 Å². The van der Waals surface area contributed by atoms with Crippen LogP contribution in [-0.2, 0) is 0 Å². The molecule has 0 saturated heterocycles. The summed E-state index contributed by atoms with van der Waals surface area (Å²) in [6, 6.07) is 0. The van der Waals surface area contributed by atoms with E-state index in [-0.39, 0.29) is 0 Å². The van der Waals surface area contributed by atoms with Crippen molar-refractivity contribution in [1.82, 2.24) is 5.32 Å². The molecule has 0 radical (unpaired) electrons. The zero-order valence-corrected chi connectivity index (χ0v) is 9.57. The molecule has 0 rings (SSSR count). The molecule has 0 aliphatic heterocycles. The molecule has 1 nitrogen and oxygen atoms in total. The second kappa shape index (κ2) is 8.10. The first-order chi connectivity index (χ1) is 7.07. The van der Waals surface area contributed by atoms with Gasteiger partial charge in [0.25, 0.3) is 0 Å². The lowest BCUT2D eigenvalue weighted by Gasteiger charge is -2.07. The molecule has 0 bridgehead atoms. The second-order valence-corrected chi connectivity index (χ2v) is 3.27. The average molecular weight is 228 g/mol. The maximum Gasteiger partial charge on any atom is 0.138 e. The summed E-state index contributed by atoms with van der Waals surface area (Å²) in [6.07, 6.45) is 3.92. The predicted molar refractivity (Wildman–Crippen MR) is 64.3 cm³/mol. The molecule has 82 valence electrons. The van der Waals surface area contributed by atoms with Gasteiger partial charge in [0, 0.05) is 12.1 Å². The van der Waals surface area contributed by atoms with Crippen LogP contribution in [0.3, 0.4) is 0 Å². The highest BCUT2D eigenvalue weighted by Crippen LogP contribution is 2.07. The van der Waals surface area contributed by atoms with Gasteiger partial charge in [-0.15, -0.1) is 5.73 Å². The van der Waals surface area contributed by atoms with E-state index in [0.29, 0.717) is 18.7 Å². The van der Waals surface area contributed by atoms with Crippen molar-refractivity contribution >= 4 is 11.6 Å². The minimum absolute atomic E-state index is 0.380. The molecule has 0 heterocycles. The first-order valence-electron chi connectivity index (χ1n) is 4.50. The highest BCUT2D eigenvalue weighted by atomic mass is 35.5. The second-order valence-electron chi connectivity index (χ2n) is 3.05. The standard InChI is InChI=1S/C12H15ClFN/c1-10(2)9-15-12(11(3)14)7-5-4-6-8-13/h4,7-8,15H,1,3,5,9H2,2H3/b12-7-. The normalized spacial score (nSPS) is 10.2. The van der Waals surface area contributed by atoms with Crippen LogP contribution < -0.4 is 5.32 Å². The van der Waals surface area contributed by atoms with Crippen LogP contribution in [0.1, 0.15) is 13.3 Å². The fourth-order valence-electron chi connectivity index (χ4n) is 0.814. The molecule has 0 unspecified atom stereocenters. The van der Waals surface area contributed by atoms with Crippen LogP contribution in [0, 0.1) is 0 Å². The molecule has 0 aromatic carbocycles. The Morgan fingerprint density at radius 1 is 1.53 bits per heavy atom. The monoisotopic (exact) mass is 227 g/mol. The van der Waals surface area contributed by atoms with Crippen molar-refractivity contribution in [2.45, 2.75) is 13.3 Å². The van der Waals surface area contributed by atoms with Gasteiger partial charge in [-0.05, 0) is 19.4 Å². The Labute approximate surface area is 95.3 Å². The van der Waals surface area contributed by atoms with Gasteiger partial charge in [-0.3, -0.25) is 0 Å². The number of hydrogen-bond acceptors (Lipinski definition) is 1. The predicted octanol–water partition coefficient (Wildman–Crippen LogP) is 3.82. The summed E-state index contributed by atoms with van der Waals surface area (Å²) in [7, 11) is 0. The molecular formula is C12H15ClFN. The van der Waals surface area contributed by atoms with Crippen LogP contribution in [0.15, 0.2) is 53.7 Å². The lowest BCUT2D eigenvalue weighted by molar-refractivity contribution is 0.629. The van der Waals surface area contributed by atoms with Gasteiger partial charge in [0.1, 0.15) is 5.83 Å². The lowest BCUT2D eigenvalue weighted by atomic mass is 10.2. The van der Waals surface area contributed by atoms with E-state index in [1.54, 1.807) is 12.2 Å². The molecule has 0 saturated carbocycles. The van der Waals surface area contributed by atoms with Crippen molar-refractivity contribution in [1.29, 1.82) is 0 Å². The summed E-state index contributed by atoms with van der Waals surface area (Å²) in [5, 5.41) is 2.89. The minimum atomic E-state index is -0.487. The summed E-state index contributed by atoms with van der Waals surface area (Å²) < 4.78 is 12.9. The van der Waals surface area contributed by atoms with E-state index in [9.17, 15) is 4.39 Å². The van der Waals surface area contributed by atoms with Gasteiger partial charge in [-0.1, -0.05) is 36.4 Å². The van der Waals surface area contributed by atoms with Gasteiger partial charge in [0.2, 0.25) is 0 Å². The zero-order chi connectivity index (χ0) is 11.7. The summed E-state index contributed by atoms with van der Waals surface area (Å²) in [5.74, 6) is -0.487. The van der Waals surface area contributed by atoms with Gasteiger partial charge >= 0.3 is 0 Å². The first kappa shape index (κ1) is 13.8. The van der Waals surface area contributed by atoms with Gasteiger partial charge in [-0.25, -0.2) is 4.39 Å². The molecule has 3 heteroatoms. The Balaban J connectivity index is 4.32. The number of nitrogens with one attached hydrogen (secondary N) is 1. The van der Waals surface area contributed by atoms with E-state index >= 15 is 0 Å². The molecule has 0 aliphatic carbocycles. The fourth-order valence-corrected chi connectivity index (χ4v) is 0.903. The highest BCUT2D eigenvalue weighted by Gasteiger charge is 1.99. The van der Waals surface area contributed by atoms with Gasteiger partial charge in [0.05, 0.1) is 5.70 Å². The lowest BCUT2D eigenvalue weighted by Crippen LogP contribution is -2.15. The molecule has 0 aromatic heterocycles. The van der Waals surface area contributed by atoms with E-state index in [4.69, 9.17) is 11.6 Å². The Kier molecular flexibility index (Phi) is 7.43. The summed E-state index contributed by atoms with van der Waals surface area (Å²) in [5.41, 5.74) is 5.27. The Morgan fingerprint density at radius 2 is 2.20 bits per heavy atom. The number of hydrogen-bond donors (Lipinski definition) is 1. The highest BCUT2D eigenvalue weighted by molar-refractivity contribution is 6.25. The zero-order valence-electron chi connectivity index (χ0n) is 8.82. The van der Waals surface area contributed by atoms with Crippen LogP contribution in [0.4, 0.5) is 4.39 Å². The number of rotatable bonds is 6. The molecule has 0 fully saturated rings. The number of halogens is 2. The quantitative estimate of drug-likeness (QED) is 0.413. The smallest absolute Gasteiger partial charge is 0.138 e. The van der Waals surface area contributed by atoms with Crippen molar-refractivity contribution < 1.29 is 4.39 Å². The Hall–Kier alpha value is -1.24. The summed E-state index contributed by atoms with van der Waals surface area (Å²) >= 11 is 5.28. The van der Waals surface area contributed by atoms with E-state index < -0.39 is 5.83 Å². The van der Waals surface area contributed by atoms with Crippen molar-refractivity contribution in [3.05, 3.63) is 53.7 Å². The SMILES string of the molecule is C=C(C)CN/C(=C\CC=C=CCl)C(=C)F. The molecule has 15 heavy (non-hydrogen) atoms. The van der Waals surface area contributed by atoms with Crippen LogP contribution in [-0.4, -0.2) is 6.54 Å². The van der Waals surface area contributed by atoms with E-state index in [0.717, 1.165) is 5.57 Å².